The van der Waals surface area contributed by atoms with Crippen molar-refractivity contribution in [3.05, 3.63) is 51.3 Å². The van der Waals surface area contributed by atoms with Gasteiger partial charge in [-0.2, -0.15) is 5.10 Å². The van der Waals surface area contributed by atoms with Gasteiger partial charge in [0.2, 0.25) is 0 Å². The smallest absolute Gasteiger partial charge is 0.122 e. The second-order valence-electron chi connectivity index (χ2n) is 3.97. The van der Waals surface area contributed by atoms with Gasteiger partial charge in [0.15, 0.2) is 0 Å². The molecule has 17 heavy (non-hydrogen) atoms. The molecule has 0 spiro atoms. The van der Waals surface area contributed by atoms with Crippen molar-refractivity contribution in [3.8, 4) is 0 Å². The molecule has 1 heterocycles. The van der Waals surface area contributed by atoms with Gasteiger partial charge in [0.05, 0.1) is 16.9 Å². The van der Waals surface area contributed by atoms with E-state index in [0.29, 0.717) is 21.3 Å². The molecule has 2 aromatic rings. The van der Waals surface area contributed by atoms with Crippen LogP contribution in [0.3, 0.4) is 0 Å². The molecular formula is C12H12Cl2N2O. The van der Waals surface area contributed by atoms with Gasteiger partial charge in [-0.1, -0.05) is 29.3 Å². The van der Waals surface area contributed by atoms with Gasteiger partial charge in [-0.05, 0) is 30.2 Å². The Kier molecular flexibility index (Phi) is 3.43. The van der Waals surface area contributed by atoms with Crippen LogP contribution in [0, 0.1) is 6.92 Å². The lowest BCUT2D eigenvalue weighted by atomic mass is 10.0. The summed E-state index contributed by atoms with van der Waals surface area (Å²) in [4.78, 5) is 0. The van der Waals surface area contributed by atoms with Crippen molar-refractivity contribution >= 4 is 23.2 Å². The highest BCUT2D eigenvalue weighted by molar-refractivity contribution is 6.31. The van der Waals surface area contributed by atoms with Gasteiger partial charge in [0.25, 0.3) is 0 Å². The Morgan fingerprint density at radius 2 is 2.00 bits per heavy atom. The molecule has 1 atom stereocenters. The van der Waals surface area contributed by atoms with Crippen LogP contribution in [-0.2, 0) is 7.05 Å². The highest BCUT2D eigenvalue weighted by Crippen LogP contribution is 2.29. The summed E-state index contributed by atoms with van der Waals surface area (Å²) < 4.78 is 1.56. The van der Waals surface area contributed by atoms with Crippen LogP contribution in [0.25, 0.3) is 0 Å². The molecule has 90 valence electrons. The molecule has 0 aliphatic heterocycles. The third-order valence-corrected chi connectivity index (χ3v) is 3.09. The zero-order valence-corrected chi connectivity index (χ0v) is 11.0. The molecule has 0 bridgehead atoms. The summed E-state index contributed by atoms with van der Waals surface area (Å²) in [5.41, 5.74) is 2.26. The first kappa shape index (κ1) is 12.4. The number of nitrogens with zero attached hydrogens (tertiary/aromatic N) is 2. The zero-order chi connectivity index (χ0) is 12.6. The number of aliphatic hydroxyl groups excluding tert-OH is 1. The fourth-order valence-corrected chi connectivity index (χ4v) is 2.38. The summed E-state index contributed by atoms with van der Waals surface area (Å²) in [6.45, 7) is 1.92. The van der Waals surface area contributed by atoms with E-state index in [1.807, 2.05) is 19.1 Å². The van der Waals surface area contributed by atoms with Crippen molar-refractivity contribution in [2.45, 2.75) is 13.0 Å². The SMILES string of the molecule is Cc1cc(Cl)cc(C(O)c2c(Cl)cnn2C)c1. The number of benzene rings is 1. The lowest BCUT2D eigenvalue weighted by Crippen LogP contribution is -2.07. The van der Waals surface area contributed by atoms with Crippen molar-refractivity contribution in [1.29, 1.82) is 0 Å². The quantitative estimate of drug-likeness (QED) is 0.911. The van der Waals surface area contributed by atoms with Crippen LogP contribution in [0.5, 0.6) is 0 Å². The van der Waals surface area contributed by atoms with E-state index in [-0.39, 0.29) is 0 Å². The number of hydrogen-bond acceptors (Lipinski definition) is 2. The molecule has 1 N–H and O–H groups in total. The van der Waals surface area contributed by atoms with Crippen molar-refractivity contribution < 1.29 is 5.11 Å². The summed E-state index contributed by atoms with van der Waals surface area (Å²) in [6.07, 6.45) is 0.685. The largest absolute Gasteiger partial charge is 0.382 e. The Bertz CT molecular complexity index is 512. The molecule has 0 amide bonds. The minimum Gasteiger partial charge on any atom is -0.382 e. The minimum absolute atomic E-state index is 0.442. The minimum atomic E-state index is -0.826. The lowest BCUT2D eigenvalue weighted by Gasteiger charge is -2.13. The normalized spacial score (nSPS) is 12.8. The molecule has 5 heteroatoms. The Labute approximate surface area is 110 Å². The second kappa shape index (κ2) is 4.69. The predicted octanol–water partition coefficient (Wildman–Crippen LogP) is 3.12. The second-order valence-corrected chi connectivity index (χ2v) is 4.81. The molecule has 0 saturated carbocycles. The maximum absolute atomic E-state index is 10.3. The van der Waals surface area contributed by atoms with Gasteiger partial charge in [-0.15, -0.1) is 0 Å². The van der Waals surface area contributed by atoms with E-state index in [2.05, 4.69) is 5.10 Å². The number of aryl methyl sites for hydroxylation is 2. The van der Waals surface area contributed by atoms with E-state index in [1.165, 1.54) is 6.20 Å². The predicted molar refractivity (Wildman–Crippen MR) is 68.5 cm³/mol. The number of rotatable bonds is 2. The highest BCUT2D eigenvalue weighted by Gasteiger charge is 2.18. The highest BCUT2D eigenvalue weighted by atomic mass is 35.5. The monoisotopic (exact) mass is 270 g/mol. The standard InChI is InChI=1S/C12H12Cl2N2O/c1-7-3-8(5-9(13)4-7)12(17)11-10(14)6-15-16(11)2/h3-6,12,17H,1-2H3. The molecule has 0 fully saturated rings. The molecule has 0 aliphatic rings. The Morgan fingerprint density at radius 1 is 1.29 bits per heavy atom. The first-order valence-electron chi connectivity index (χ1n) is 5.11. The van der Waals surface area contributed by atoms with Crippen LogP contribution in [0.4, 0.5) is 0 Å². The summed E-state index contributed by atoms with van der Waals surface area (Å²) >= 11 is 12.0. The van der Waals surface area contributed by atoms with Crippen molar-refractivity contribution in [1.82, 2.24) is 9.78 Å². The van der Waals surface area contributed by atoms with Gasteiger partial charge >= 0.3 is 0 Å². The van der Waals surface area contributed by atoms with E-state index in [0.717, 1.165) is 5.56 Å². The maximum Gasteiger partial charge on any atom is 0.122 e. The van der Waals surface area contributed by atoms with Crippen LogP contribution in [0.2, 0.25) is 10.0 Å². The van der Waals surface area contributed by atoms with Crippen molar-refractivity contribution in [2.75, 3.05) is 0 Å². The number of hydrogen-bond donors (Lipinski definition) is 1. The number of aliphatic hydroxyl groups is 1. The van der Waals surface area contributed by atoms with E-state index in [4.69, 9.17) is 23.2 Å². The Morgan fingerprint density at radius 3 is 2.53 bits per heavy atom. The molecule has 1 aromatic heterocycles. The molecule has 3 nitrogen and oxygen atoms in total. The van der Waals surface area contributed by atoms with Crippen LogP contribution >= 0.6 is 23.2 Å². The zero-order valence-electron chi connectivity index (χ0n) is 9.48. The van der Waals surface area contributed by atoms with Crippen molar-refractivity contribution in [3.63, 3.8) is 0 Å². The molecule has 2 rings (SSSR count). The van der Waals surface area contributed by atoms with Crippen LogP contribution in [0.15, 0.2) is 24.4 Å². The Balaban J connectivity index is 2.47. The summed E-state index contributed by atoms with van der Waals surface area (Å²) in [7, 11) is 1.74. The van der Waals surface area contributed by atoms with Gasteiger partial charge < -0.3 is 5.11 Å². The maximum atomic E-state index is 10.3. The first-order valence-corrected chi connectivity index (χ1v) is 5.87. The fraction of sp³-hybridized carbons (Fsp3) is 0.250. The molecular weight excluding hydrogens is 259 g/mol. The molecule has 0 saturated heterocycles. The molecule has 0 radical (unpaired) electrons. The van der Waals surface area contributed by atoms with E-state index >= 15 is 0 Å². The summed E-state index contributed by atoms with van der Waals surface area (Å²) in [6, 6.07) is 5.44. The molecule has 1 aromatic carbocycles. The van der Waals surface area contributed by atoms with Gasteiger partial charge in [0.1, 0.15) is 6.10 Å². The van der Waals surface area contributed by atoms with Gasteiger partial charge in [-0.25, -0.2) is 0 Å². The van der Waals surface area contributed by atoms with E-state index in [9.17, 15) is 5.11 Å². The average molecular weight is 271 g/mol. The van der Waals surface area contributed by atoms with Crippen LogP contribution in [0.1, 0.15) is 22.9 Å². The van der Waals surface area contributed by atoms with E-state index in [1.54, 1.807) is 17.8 Å². The first-order chi connectivity index (χ1) is 7.99. The average Bonchev–Trinajstić information content (AvgIpc) is 2.56. The van der Waals surface area contributed by atoms with E-state index < -0.39 is 6.10 Å². The van der Waals surface area contributed by atoms with Crippen LogP contribution in [-0.4, -0.2) is 14.9 Å². The third kappa shape index (κ3) is 2.46. The lowest BCUT2D eigenvalue weighted by molar-refractivity contribution is 0.210. The van der Waals surface area contributed by atoms with Crippen LogP contribution < -0.4 is 0 Å². The van der Waals surface area contributed by atoms with Gasteiger partial charge in [-0.3, -0.25) is 4.68 Å². The topological polar surface area (TPSA) is 38.1 Å². The molecule has 0 aliphatic carbocycles. The summed E-state index contributed by atoms with van der Waals surface area (Å²) in [5.74, 6) is 0. The van der Waals surface area contributed by atoms with Crippen molar-refractivity contribution in [2.24, 2.45) is 7.05 Å². The Hall–Kier alpha value is -1.03. The summed E-state index contributed by atoms with van der Waals surface area (Å²) in [5, 5.41) is 15.3. The van der Waals surface area contributed by atoms with Gasteiger partial charge in [0, 0.05) is 12.1 Å². The third-order valence-electron chi connectivity index (χ3n) is 2.58. The molecule has 1 unspecified atom stereocenters. The number of halogens is 2. The number of aromatic nitrogens is 2. The fourth-order valence-electron chi connectivity index (χ4n) is 1.81.